The fraction of sp³-hybridized carbons (Fsp3) is 0.727. The quantitative estimate of drug-likeness (QED) is 0.806. The molecule has 0 fully saturated rings. The van der Waals surface area contributed by atoms with E-state index in [9.17, 15) is 0 Å². The molecule has 0 spiro atoms. The maximum Gasteiger partial charge on any atom is 0.127 e. The smallest absolute Gasteiger partial charge is 0.127 e. The van der Waals surface area contributed by atoms with E-state index in [1.165, 1.54) is 0 Å². The van der Waals surface area contributed by atoms with Gasteiger partial charge in [-0.05, 0) is 12.8 Å². The molecule has 0 amide bonds. The average molecular weight is 195 g/mol. The van der Waals surface area contributed by atoms with Crippen LogP contribution < -0.4 is 5.73 Å². The number of nitrogens with two attached hydrogens (primary N) is 1. The van der Waals surface area contributed by atoms with Crippen LogP contribution in [0.2, 0.25) is 0 Å². The summed E-state index contributed by atoms with van der Waals surface area (Å²) in [6, 6.07) is 0. The second-order valence-electron chi connectivity index (χ2n) is 4.29. The van der Waals surface area contributed by atoms with Crippen molar-refractivity contribution in [2.45, 2.75) is 53.0 Å². The Hall–Kier alpha value is -0.990. The first-order valence-corrected chi connectivity index (χ1v) is 5.34. The highest BCUT2D eigenvalue weighted by molar-refractivity contribution is 5.40. The van der Waals surface area contributed by atoms with Crippen molar-refractivity contribution in [1.82, 2.24) is 9.55 Å². The Morgan fingerprint density at radius 2 is 1.79 bits per heavy atom. The van der Waals surface area contributed by atoms with Crippen LogP contribution in [0, 0.1) is 0 Å². The predicted octanol–water partition coefficient (Wildman–Crippen LogP) is 2.73. The van der Waals surface area contributed by atoms with Gasteiger partial charge in [-0.25, -0.2) is 4.98 Å². The second-order valence-corrected chi connectivity index (χ2v) is 4.29. The third kappa shape index (κ3) is 1.76. The van der Waals surface area contributed by atoms with Gasteiger partial charge in [0, 0.05) is 12.5 Å². The van der Waals surface area contributed by atoms with Crippen molar-refractivity contribution in [2.75, 3.05) is 5.73 Å². The van der Waals surface area contributed by atoms with Crippen LogP contribution in [-0.2, 0) is 6.54 Å². The minimum atomic E-state index is 0.403. The fourth-order valence-electron chi connectivity index (χ4n) is 1.70. The van der Waals surface area contributed by atoms with Crippen molar-refractivity contribution in [3.05, 3.63) is 11.5 Å². The summed E-state index contributed by atoms with van der Waals surface area (Å²) >= 11 is 0. The first-order chi connectivity index (χ1) is 6.49. The molecule has 3 nitrogen and oxygen atoms in total. The number of anilines is 1. The number of rotatable bonds is 3. The highest BCUT2D eigenvalue weighted by Gasteiger charge is 2.17. The Bertz CT molecular complexity index is 311. The number of nitrogen functional groups attached to an aromatic ring is 1. The fourth-order valence-corrected chi connectivity index (χ4v) is 1.70. The van der Waals surface area contributed by atoms with E-state index >= 15 is 0 Å². The van der Waals surface area contributed by atoms with Gasteiger partial charge in [0.2, 0.25) is 0 Å². The zero-order valence-corrected chi connectivity index (χ0v) is 9.83. The van der Waals surface area contributed by atoms with E-state index in [0.29, 0.717) is 11.8 Å². The maximum atomic E-state index is 6.05. The van der Waals surface area contributed by atoms with Crippen LogP contribution >= 0.6 is 0 Å². The molecule has 0 saturated carbocycles. The third-order valence-corrected chi connectivity index (χ3v) is 2.44. The molecule has 14 heavy (non-hydrogen) atoms. The Morgan fingerprint density at radius 1 is 1.21 bits per heavy atom. The third-order valence-electron chi connectivity index (χ3n) is 2.44. The van der Waals surface area contributed by atoms with E-state index in [1.54, 1.807) is 0 Å². The summed E-state index contributed by atoms with van der Waals surface area (Å²) in [5.41, 5.74) is 7.09. The van der Waals surface area contributed by atoms with Crippen LogP contribution in [0.15, 0.2) is 0 Å². The summed E-state index contributed by atoms with van der Waals surface area (Å²) in [5, 5.41) is 0. The van der Waals surface area contributed by atoms with Gasteiger partial charge < -0.3 is 10.3 Å². The number of imidazole rings is 1. The Kier molecular flexibility index (Phi) is 3.19. The van der Waals surface area contributed by atoms with E-state index in [4.69, 9.17) is 5.73 Å². The van der Waals surface area contributed by atoms with Gasteiger partial charge in [0.1, 0.15) is 11.6 Å². The van der Waals surface area contributed by atoms with E-state index < -0.39 is 0 Å². The minimum absolute atomic E-state index is 0.403. The van der Waals surface area contributed by atoms with Crippen molar-refractivity contribution in [3.63, 3.8) is 0 Å². The molecule has 0 atom stereocenters. The Labute approximate surface area is 86.3 Å². The molecule has 3 heteroatoms. The molecule has 0 aliphatic rings. The standard InChI is InChI=1S/C11H21N3/c1-6-14-10(12)9(7(2)3)13-11(14)8(4)5/h7-8H,6,12H2,1-5H3. The summed E-state index contributed by atoms with van der Waals surface area (Å²) in [4.78, 5) is 4.62. The van der Waals surface area contributed by atoms with E-state index in [-0.39, 0.29) is 0 Å². The predicted molar refractivity (Wildman–Crippen MR) is 60.5 cm³/mol. The summed E-state index contributed by atoms with van der Waals surface area (Å²) in [6.07, 6.45) is 0. The Morgan fingerprint density at radius 3 is 2.07 bits per heavy atom. The lowest BCUT2D eigenvalue weighted by Gasteiger charge is -2.08. The van der Waals surface area contributed by atoms with Gasteiger partial charge >= 0.3 is 0 Å². The summed E-state index contributed by atoms with van der Waals surface area (Å²) in [6.45, 7) is 11.6. The SMILES string of the molecule is CCn1c(C(C)C)nc(C(C)C)c1N. The number of hydrogen-bond acceptors (Lipinski definition) is 2. The molecule has 1 heterocycles. The van der Waals surface area contributed by atoms with Gasteiger partial charge in [0.05, 0.1) is 5.69 Å². The molecule has 0 unspecified atom stereocenters. The van der Waals surface area contributed by atoms with Gasteiger partial charge in [-0.1, -0.05) is 27.7 Å². The molecular weight excluding hydrogens is 174 g/mol. The summed E-state index contributed by atoms with van der Waals surface area (Å²) in [7, 11) is 0. The molecule has 0 aliphatic heterocycles. The molecule has 0 bridgehead atoms. The zero-order valence-electron chi connectivity index (χ0n) is 9.83. The lowest BCUT2D eigenvalue weighted by molar-refractivity contribution is 0.658. The minimum Gasteiger partial charge on any atom is -0.384 e. The molecule has 1 rings (SSSR count). The van der Waals surface area contributed by atoms with Crippen LogP contribution in [0.4, 0.5) is 5.82 Å². The molecule has 0 radical (unpaired) electrons. The van der Waals surface area contributed by atoms with Crippen molar-refractivity contribution in [2.24, 2.45) is 0 Å². The highest BCUT2D eigenvalue weighted by Crippen LogP contribution is 2.26. The molecule has 0 aliphatic carbocycles. The summed E-state index contributed by atoms with van der Waals surface area (Å²) < 4.78 is 2.11. The number of hydrogen-bond donors (Lipinski definition) is 1. The average Bonchev–Trinajstić information content (AvgIpc) is 2.42. The Balaban J connectivity index is 3.24. The molecule has 2 N–H and O–H groups in total. The lowest BCUT2D eigenvalue weighted by Crippen LogP contribution is -2.06. The van der Waals surface area contributed by atoms with Crippen LogP contribution in [-0.4, -0.2) is 9.55 Å². The second kappa shape index (κ2) is 4.03. The topological polar surface area (TPSA) is 43.8 Å². The highest BCUT2D eigenvalue weighted by atomic mass is 15.1. The first kappa shape index (κ1) is 11.1. The molecule has 0 aromatic carbocycles. The summed E-state index contributed by atoms with van der Waals surface area (Å²) in [5.74, 6) is 2.78. The monoisotopic (exact) mass is 195 g/mol. The van der Waals surface area contributed by atoms with Gasteiger partial charge in [-0.2, -0.15) is 0 Å². The molecule has 1 aromatic rings. The van der Waals surface area contributed by atoms with Crippen LogP contribution in [0.3, 0.4) is 0 Å². The largest absolute Gasteiger partial charge is 0.384 e. The van der Waals surface area contributed by atoms with Crippen LogP contribution in [0.1, 0.15) is 58.0 Å². The lowest BCUT2D eigenvalue weighted by atomic mass is 10.1. The van der Waals surface area contributed by atoms with E-state index in [2.05, 4.69) is 44.2 Å². The maximum absolute atomic E-state index is 6.05. The molecular formula is C11H21N3. The van der Waals surface area contributed by atoms with Crippen molar-refractivity contribution < 1.29 is 0 Å². The van der Waals surface area contributed by atoms with Gasteiger partial charge in [0.25, 0.3) is 0 Å². The van der Waals surface area contributed by atoms with Gasteiger partial charge in [0.15, 0.2) is 0 Å². The van der Waals surface area contributed by atoms with E-state index in [0.717, 1.165) is 23.9 Å². The van der Waals surface area contributed by atoms with Crippen LogP contribution in [0.25, 0.3) is 0 Å². The number of nitrogens with zero attached hydrogens (tertiary/aromatic N) is 2. The number of aromatic nitrogens is 2. The normalized spacial score (nSPS) is 11.6. The zero-order chi connectivity index (χ0) is 10.9. The molecule has 1 aromatic heterocycles. The first-order valence-electron chi connectivity index (χ1n) is 5.34. The van der Waals surface area contributed by atoms with Crippen molar-refractivity contribution >= 4 is 5.82 Å². The van der Waals surface area contributed by atoms with E-state index in [1.807, 2.05) is 0 Å². The van der Waals surface area contributed by atoms with Crippen LogP contribution in [0.5, 0.6) is 0 Å². The van der Waals surface area contributed by atoms with Crippen molar-refractivity contribution in [3.8, 4) is 0 Å². The molecule has 0 saturated heterocycles. The molecule has 80 valence electrons. The van der Waals surface area contributed by atoms with Crippen molar-refractivity contribution in [1.29, 1.82) is 0 Å². The van der Waals surface area contributed by atoms with Gasteiger partial charge in [-0.15, -0.1) is 0 Å². The van der Waals surface area contributed by atoms with Gasteiger partial charge in [-0.3, -0.25) is 0 Å².